The van der Waals surface area contributed by atoms with Crippen LogP contribution in [0.2, 0.25) is 0 Å². The lowest BCUT2D eigenvalue weighted by Gasteiger charge is -2.31. The average Bonchev–Trinajstić information content (AvgIpc) is 2.52. The van der Waals surface area contributed by atoms with Crippen molar-refractivity contribution < 1.29 is 9.53 Å². The van der Waals surface area contributed by atoms with Gasteiger partial charge in [-0.3, -0.25) is 9.69 Å². The van der Waals surface area contributed by atoms with Gasteiger partial charge in [-0.05, 0) is 37.1 Å². The first-order valence-electron chi connectivity index (χ1n) is 7.34. The molecule has 0 aliphatic carbocycles. The molecule has 2 rings (SSSR count). The van der Waals surface area contributed by atoms with Gasteiger partial charge in [0.15, 0.2) is 0 Å². The number of ether oxygens (including phenoxy) is 1. The fraction of sp³-hybridized carbons (Fsp3) is 0.562. The Bertz CT molecular complexity index is 487. The number of methoxy groups -OCH3 is 1. The molecule has 1 aliphatic heterocycles. The van der Waals surface area contributed by atoms with Crippen LogP contribution < -0.4 is 10.1 Å². The number of rotatable bonds is 5. The third-order valence-corrected chi connectivity index (χ3v) is 4.73. The van der Waals surface area contributed by atoms with Crippen molar-refractivity contribution in [2.75, 3.05) is 31.7 Å². The van der Waals surface area contributed by atoms with Crippen LogP contribution in [-0.2, 0) is 11.3 Å². The molecule has 5 heteroatoms. The smallest absolute Gasteiger partial charge is 0.237 e. The van der Waals surface area contributed by atoms with Gasteiger partial charge in [0.2, 0.25) is 5.91 Å². The van der Waals surface area contributed by atoms with Crippen molar-refractivity contribution in [3.05, 3.63) is 29.3 Å². The number of nitrogens with zero attached hydrogens (tertiary/aromatic N) is 1. The number of benzene rings is 1. The van der Waals surface area contributed by atoms with Crippen molar-refractivity contribution in [2.45, 2.75) is 26.4 Å². The molecule has 0 aromatic heterocycles. The van der Waals surface area contributed by atoms with E-state index in [1.165, 1.54) is 0 Å². The zero-order valence-corrected chi connectivity index (χ0v) is 13.8. The molecule has 1 N–H and O–H groups in total. The van der Waals surface area contributed by atoms with E-state index in [4.69, 9.17) is 4.74 Å². The number of amides is 1. The third kappa shape index (κ3) is 4.64. The molecule has 1 fully saturated rings. The van der Waals surface area contributed by atoms with Crippen LogP contribution in [0.15, 0.2) is 18.2 Å². The van der Waals surface area contributed by atoms with E-state index in [9.17, 15) is 4.79 Å². The molecule has 4 nitrogen and oxygen atoms in total. The van der Waals surface area contributed by atoms with Gasteiger partial charge in [0, 0.05) is 31.1 Å². The van der Waals surface area contributed by atoms with Gasteiger partial charge in [0.25, 0.3) is 0 Å². The third-order valence-electron chi connectivity index (χ3n) is 3.79. The van der Waals surface area contributed by atoms with E-state index in [1.807, 2.05) is 37.7 Å². The summed E-state index contributed by atoms with van der Waals surface area (Å²) >= 11 is 1.96. The van der Waals surface area contributed by atoms with Gasteiger partial charge >= 0.3 is 0 Å². The normalized spacial score (nSPS) is 17.3. The van der Waals surface area contributed by atoms with Gasteiger partial charge in [-0.25, -0.2) is 0 Å². The molecule has 0 spiro atoms. The van der Waals surface area contributed by atoms with Crippen molar-refractivity contribution in [3.63, 3.8) is 0 Å². The SMILES string of the molecule is COc1cc(C)cc(CNC(=O)[C@H](C)N2CCSCC2)c1. The molecular weight excluding hydrogens is 284 g/mol. The fourth-order valence-corrected chi connectivity index (χ4v) is 3.44. The van der Waals surface area contributed by atoms with E-state index in [0.29, 0.717) is 6.54 Å². The molecule has 1 aromatic carbocycles. The topological polar surface area (TPSA) is 41.6 Å². The zero-order chi connectivity index (χ0) is 15.2. The van der Waals surface area contributed by atoms with E-state index in [2.05, 4.69) is 16.3 Å². The van der Waals surface area contributed by atoms with Crippen LogP contribution >= 0.6 is 11.8 Å². The summed E-state index contributed by atoms with van der Waals surface area (Å²) < 4.78 is 5.26. The van der Waals surface area contributed by atoms with Crippen LogP contribution in [-0.4, -0.2) is 48.6 Å². The van der Waals surface area contributed by atoms with Crippen LogP contribution in [0.1, 0.15) is 18.1 Å². The Balaban J connectivity index is 1.89. The largest absolute Gasteiger partial charge is 0.497 e. The Morgan fingerprint density at radius 3 is 2.76 bits per heavy atom. The molecule has 116 valence electrons. The van der Waals surface area contributed by atoms with Gasteiger partial charge < -0.3 is 10.1 Å². The lowest BCUT2D eigenvalue weighted by atomic mass is 10.1. The summed E-state index contributed by atoms with van der Waals surface area (Å²) in [7, 11) is 1.66. The summed E-state index contributed by atoms with van der Waals surface area (Å²) in [6, 6.07) is 5.97. The summed E-state index contributed by atoms with van der Waals surface area (Å²) in [5.41, 5.74) is 2.21. The highest BCUT2D eigenvalue weighted by Gasteiger charge is 2.22. The fourth-order valence-electron chi connectivity index (χ4n) is 2.51. The summed E-state index contributed by atoms with van der Waals surface area (Å²) in [5.74, 6) is 3.17. The number of nitrogens with one attached hydrogen (secondary N) is 1. The summed E-state index contributed by atoms with van der Waals surface area (Å²) in [6.45, 7) is 6.56. The second-order valence-electron chi connectivity index (χ2n) is 5.40. The monoisotopic (exact) mass is 308 g/mol. The zero-order valence-electron chi connectivity index (χ0n) is 13.0. The average molecular weight is 308 g/mol. The maximum atomic E-state index is 12.3. The quantitative estimate of drug-likeness (QED) is 0.904. The number of thioether (sulfide) groups is 1. The molecule has 0 radical (unpaired) electrons. The first-order valence-corrected chi connectivity index (χ1v) is 8.49. The number of aryl methyl sites for hydroxylation is 1. The first-order chi connectivity index (χ1) is 10.1. The second-order valence-corrected chi connectivity index (χ2v) is 6.63. The number of carbonyl (C=O) groups excluding carboxylic acids is 1. The predicted octanol–water partition coefficient (Wildman–Crippen LogP) is 2.06. The molecule has 0 saturated carbocycles. The van der Waals surface area contributed by atoms with Crippen molar-refractivity contribution in [1.82, 2.24) is 10.2 Å². The highest BCUT2D eigenvalue weighted by atomic mass is 32.2. The van der Waals surface area contributed by atoms with Gasteiger partial charge in [-0.15, -0.1) is 0 Å². The minimum atomic E-state index is -0.0578. The Kier molecular flexibility index (Phi) is 5.94. The highest BCUT2D eigenvalue weighted by Crippen LogP contribution is 2.16. The van der Waals surface area contributed by atoms with Gasteiger partial charge in [0.05, 0.1) is 13.2 Å². The Hall–Kier alpha value is -1.20. The van der Waals surface area contributed by atoms with E-state index in [-0.39, 0.29) is 11.9 Å². The molecular formula is C16H24N2O2S. The van der Waals surface area contributed by atoms with E-state index < -0.39 is 0 Å². The van der Waals surface area contributed by atoms with Crippen LogP contribution in [0.25, 0.3) is 0 Å². The summed E-state index contributed by atoms with van der Waals surface area (Å²) in [6.07, 6.45) is 0. The maximum absolute atomic E-state index is 12.3. The molecule has 1 aromatic rings. The van der Waals surface area contributed by atoms with Crippen LogP contribution in [0, 0.1) is 6.92 Å². The van der Waals surface area contributed by atoms with Crippen LogP contribution in [0.5, 0.6) is 5.75 Å². The maximum Gasteiger partial charge on any atom is 0.237 e. The molecule has 1 heterocycles. The summed E-state index contributed by atoms with van der Waals surface area (Å²) in [5, 5.41) is 3.03. The number of hydrogen-bond acceptors (Lipinski definition) is 4. The van der Waals surface area contributed by atoms with Crippen molar-refractivity contribution in [2.24, 2.45) is 0 Å². The Labute approximate surface area is 131 Å². The first kappa shape index (κ1) is 16.2. The molecule has 1 aliphatic rings. The highest BCUT2D eigenvalue weighted by molar-refractivity contribution is 7.99. The number of hydrogen-bond donors (Lipinski definition) is 1. The minimum Gasteiger partial charge on any atom is -0.497 e. The van der Waals surface area contributed by atoms with Crippen LogP contribution in [0.3, 0.4) is 0 Å². The molecule has 1 amide bonds. The standard InChI is InChI=1S/C16H24N2O2S/c1-12-8-14(10-15(9-12)20-3)11-17-16(19)13(2)18-4-6-21-7-5-18/h8-10,13H,4-7,11H2,1-3H3,(H,17,19)/t13-/m0/s1. The van der Waals surface area contributed by atoms with E-state index in [0.717, 1.165) is 41.5 Å². The molecule has 1 atom stereocenters. The molecule has 1 saturated heterocycles. The predicted molar refractivity (Wildman–Crippen MR) is 87.9 cm³/mol. The van der Waals surface area contributed by atoms with E-state index >= 15 is 0 Å². The lowest BCUT2D eigenvalue weighted by Crippen LogP contribution is -2.48. The van der Waals surface area contributed by atoms with Gasteiger partial charge in [-0.1, -0.05) is 6.07 Å². The van der Waals surface area contributed by atoms with Crippen molar-refractivity contribution >= 4 is 17.7 Å². The summed E-state index contributed by atoms with van der Waals surface area (Å²) in [4.78, 5) is 14.5. The van der Waals surface area contributed by atoms with Gasteiger partial charge in [0.1, 0.15) is 5.75 Å². The molecule has 0 bridgehead atoms. The van der Waals surface area contributed by atoms with Crippen molar-refractivity contribution in [1.29, 1.82) is 0 Å². The van der Waals surface area contributed by atoms with Crippen LogP contribution in [0.4, 0.5) is 0 Å². The minimum absolute atomic E-state index is 0.0578. The molecule has 21 heavy (non-hydrogen) atoms. The number of carbonyl (C=O) groups is 1. The molecule has 0 unspecified atom stereocenters. The van der Waals surface area contributed by atoms with E-state index in [1.54, 1.807) is 7.11 Å². The lowest BCUT2D eigenvalue weighted by molar-refractivity contribution is -0.125. The second kappa shape index (κ2) is 7.71. The Morgan fingerprint density at radius 1 is 1.38 bits per heavy atom. The van der Waals surface area contributed by atoms with Gasteiger partial charge in [-0.2, -0.15) is 11.8 Å². The Morgan fingerprint density at radius 2 is 2.10 bits per heavy atom. The van der Waals surface area contributed by atoms with Crippen molar-refractivity contribution in [3.8, 4) is 5.75 Å².